The highest BCUT2D eigenvalue weighted by Gasteiger charge is 2.67. The second kappa shape index (κ2) is 2.63. The normalized spacial score (nSPS) is 66.2. The van der Waals surface area contributed by atoms with Crippen LogP contribution in [0.1, 0.15) is 51.9 Å². The molecule has 8 unspecified atom stereocenters. The Balaban J connectivity index is 1.57. The minimum Gasteiger partial charge on any atom is -0.0662 e. The predicted molar refractivity (Wildman–Crippen MR) is 71.9 cm³/mol. The Morgan fingerprint density at radius 2 is 1.89 bits per heavy atom. The summed E-state index contributed by atoms with van der Waals surface area (Å²) in [6.07, 6.45) is 11.0. The molecule has 8 atom stereocenters. The molecule has 6 rings (SSSR count). The van der Waals surface area contributed by atoms with E-state index in [1.165, 1.54) is 12.3 Å². The Bertz CT molecular complexity index is 486. The summed E-state index contributed by atoms with van der Waals surface area (Å²) in [7, 11) is 0. The molecule has 0 aliphatic heterocycles. The van der Waals surface area contributed by atoms with Crippen LogP contribution in [0, 0.1) is 46.8 Å². The summed E-state index contributed by atoms with van der Waals surface area (Å²) in [6.45, 7) is 2.62. The molecule has 96 valence electrons. The van der Waals surface area contributed by atoms with Gasteiger partial charge in [0.2, 0.25) is 0 Å². The molecule has 6 bridgehead atoms. The predicted octanol–water partition coefficient (Wildman–Crippen LogP) is 4.42. The van der Waals surface area contributed by atoms with Crippen molar-refractivity contribution in [2.75, 3.05) is 0 Å². The summed E-state index contributed by atoms with van der Waals surface area (Å²) < 4.78 is 0. The second-order valence-corrected chi connectivity index (χ2v) is 8.83. The summed E-state index contributed by atoms with van der Waals surface area (Å²) in [5.41, 5.74) is 4.82. The van der Waals surface area contributed by atoms with Gasteiger partial charge in [-0.3, -0.25) is 0 Å². The zero-order valence-electron chi connectivity index (χ0n) is 11.5. The molecule has 0 amide bonds. The molecule has 5 fully saturated rings. The van der Waals surface area contributed by atoms with Gasteiger partial charge in [0, 0.05) is 0 Å². The van der Waals surface area contributed by atoms with Crippen LogP contribution in [0.2, 0.25) is 0 Å². The minimum absolute atomic E-state index is 0.687. The molecule has 18 heavy (non-hydrogen) atoms. The van der Waals surface area contributed by atoms with Gasteiger partial charge in [0.1, 0.15) is 0 Å². The minimum atomic E-state index is 0.687. The largest absolute Gasteiger partial charge is 0.0662 e. The van der Waals surface area contributed by atoms with Crippen molar-refractivity contribution in [1.82, 2.24) is 0 Å². The molecule has 0 aromatic rings. The zero-order chi connectivity index (χ0) is 11.6. The van der Waals surface area contributed by atoms with Gasteiger partial charge >= 0.3 is 0 Å². The molecular formula is C18H24. The maximum absolute atomic E-state index is 2.62. The van der Waals surface area contributed by atoms with Gasteiger partial charge in [-0.05, 0) is 91.8 Å². The van der Waals surface area contributed by atoms with Crippen LogP contribution in [0.4, 0.5) is 0 Å². The smallest absolute Gasteiger partial charge is 0.0108 e. The van der Waals surface area contributed by atoms with E-state index >= 15 is 0 Å². The van der Waals surface area contributed by atoms with Crippen molar-refractivity contribution in [3.05, 3.63) is 11.1 Å². The van der Waals surface area contributed by atoms with Crippen molar-refractivity contribution in [2.45, 2.75) is 51.9 Å². The molecule has 0 spiro atoms. The summed E-state index contributed by atoms with van der Waals surface area (Å²) in [4.78, 5) is 0. The SMILES string of the molecule is CC12CCC(C1)C1C2=C2CC1C1C3CCC(C3)C21. The Morgan fingerprint density at radius 1 is 1.00 bits per heavy atom. The van der Waals surface area contributed by atoms with Gasteiger partial charge in [-0.15, -0.1) is 0 Å². The van der Waals surface area contributed by atoms with Crippen LogP contribution in [0.25, 0.3) is 0 Å². The molecule has 0 aromatic heterocycles. The van der Waals surface area contributed by atoms with E-state index in [0.717, 1.165) is 35.5 Å². The van der Waals surface area contributed by atoms with Crippen LogP contribution >= 0.6 is 0 Å². The van der Waals surface area contributed by atoms with Crippen LogP contribution in [0.5, 0.6) is 0 Å². The lowest BCUT2D eigenvalue weighted by Crippen LogP contribution is -2.34. The lowest BCUT2D eigenvalue weighted by Gasteiger charge is -2.42. The Morgan fingerprint density at radius 3 is 2.83 bits per heavy atom. The van der Waals surface area contributed by atoms with E-state index in [-0.39, 0.29) is 0 Å². The molecule has 6 aliphatic carbocycles. The fourth-order valence-electron chi connectivity index (χ4n) is 8.29. The van der Waals surface area contributed by atoms with Crippen molar-refractivity contribution < 1.29 is 0 Å². The number of fused-ring (bicyclic) bond motifs is 15. The monoisotopic (exact) mass is 240 g/mol. The molecule has 0 heterocycles. The quantitative estimate of drug-likeness (QED) is 0.434. The standard InChI is InChI=1S/C18H24/c1-18-5-4-11(8-18)16-12-7-13(17(16)18)15-10-3-2-9(6-10)14(12)15/h9-12,14-16H,2-8H2,1H3. The molecule has 0 radical (unpaired) electrons. The van der Waals surface area contributed by atoms with Crippen LogP contribution < -0.4 is 0 Å². The fourth-order valence-corrected chi connectivity index (χ4v) is 8.29. The van der Waals surface area contributed by atoms with Crippen LogP contribution in [-0.2, 0) is 0 Å². The van der Waals surface area contributed by atoms with E-state index in [4.69, 9.17) is 0 Å². The third-order valence-corrected chi connectivity index (χ3v) is 8.41. The summed E-state index contributed by atoms with van der Waals surface area (Å²) >= 11 is 0. The molecule has 6 aliphatic rings. The maximum Gasteiger partial charge on any atom is -0.0108 e. The van der Waals surface area contributed by atoms with E-state index in [1.54, 1.807) is 38.5 Å². The Kier molecular flexibility index (Phi) is 1.40. The average molecular weight is 240 g/mol. The topological polar surface area (TPSA) is 0 Å². The summed E-state index contributed by atoms with van der Waals surface area (Å²) in [6, 6.07) is 0. The lowest BCUT2D eigenvalue weighted by atomic mass is 9.63. The highest BCUT2D eigenvalue weighted by atomic mass is 14.7. The van der Waals surface area contributed by atoms with Gasteiger partial charge in [0.25, 0.3) is 0 Å². The van der Waals surface area contributed by atoms with Crippen molar-refractivity contribution in [1.29, 1.82) is 0 Å². The third-order valence-electron chi connectivity index (χ3n) is 8.41. The molecule has 5 saturated carbocycles. The molecule has 0 heteroatoms. The van der Waals surface area contributed by atoms with Gasteiger partial charge in [-0.25, -0.2) is 0 Å². The van der Waals surface area contributed by atoms with Crippen molar-refractivity contribution >= 4 is 0 Å². The van der Waals surface area contributed by atoms with E-state index in [2.05, 4.69) is 18.1 Å². The first-order valence-corrected chi connectivity index (χ1v) is 8.50. The van der Waals surface area contributed by atoms with Crippen molar-refractivity contribution in [3.63, 3.8) is 0 Å². The molecule has 0 aromatic carbocycles. The van der Waals surface area contributed by atoms with Gasteiger partial charge in [0.15, 0.2) is 0 Å². The van der Waals surface area contributed by atoms with E-state index < -0.39 is 0 Å². The number of hydrogen-bond acceptors (Lipinski definition) is 0. The lowest BCUT2D eigenvalue weighted by molar-refractivity contribution is 0.143. The van der Waals surface area contributed by atoms with Gasteiger partial charge in [0.05, 0.1) is 0 Å². The molecule has 0 nitrogen and oxygen atoms in total. The van der Waals surface area contributed by atoms with E-state index in [1.807, 2.05) is 0 Å². The Labute approximate surface area is 110 Å². The fraction of sp³-hybridized carbons (Fsp3) is 0.889. The summed E-state index contributed by atoms with van der Waals surface area (Å²) in [5, 5.41) is 0. The van der Waals surface area contributed by atoms with Gasteiger partial charge < -0.3 is 0 Å². The average Bonchev–Trinajstić information content (AvgIpc) is 3.14. The van der Waals surface area contributed by atoms with E-state index in [9.17, 15) is 0 Å². The number of rotatable bonds is 0. The second-order valence-electron chi connectivity index (χ2n) is 8.83. The molecular weight excluding hydrogens is 216 g/mol. The maximum atomic E-state index is 2.62. The molecule has 0 N–H and O–H groups in total. The third kappa shape index (κ3) is 0.791. The van der Waals surface area contributed by atoms with Crippen molar-refractivity contribution in [3.8, 4) is 0 Å². The Hall–Kier alpha value is -0.260. The highest BCUT2D eigenvalue weighted by molar-refractivity contribution is 5.44. The van der Waals surface area contributed by atoms with Gasteiger partial charge in [-0.1, -0.05) is 18.1 Å². The zero-order valence-corrected chi connectivity index (χ0v) is 11.5. The van der Waals surface area contributed by atoms with Crippen LogP contribution in [0.3, 0.4) is 0 Å². The number of hydrogen-bond donors (Lipinski definition) is 0. The first-order chi connectivity index (χ1) is 8.76. The highest BCUT2D eigenvalue weighted by Crippen LogP contribution is 2.76. The first kappa shape index (κ1) is 9.61. The van der Waals surface area contributed by atoms with Crippen molar-refractivity contribution in [2.24, 2.45) is 46.8 Å². The van der Waals surface area contributed by atoms with Crippen LogP contribution in [-0.4, -0.2) is 0 Å². The van der Waals surface area contributed by atoms with Gasteiger partial charge in [-0.2, -0.15) is 0 Å². The van der Waals surface area contributed by atoms with E-state index in [0.29, 0.717) is 5.41 Å². The first-order valence-electron chi connectivity index (χ1n) is 8.50. The number of allylic oxidation sites excluding steroid dienone is 2. The summed E-state index contributed by atoms with van der Waals surface area (Å²) in [5.74, 6) is 7.94. The van der Waals surface area contributed by atoms with Crippen LogP contribution in [0.15, 0.2) is 11.1 Å². The molecule has 0 saturated heterocycles.